The highest BCUT2D eigenvalue weighted by atomic mass is 35.5. The normalized spacial score (nSPS) is 12.8. The molecule has 0 aliphatic carbocycles. The second-order valence-corrected chi connectivity index (χ2v) is 4.30. The second-order valence-electron chi connectivity index (χ2n) is 4.30. The number of hydrogen-bond acceptors (Lipinski definition) is 2. The summed E-state index contributed by atoms with van der Waals surface area (Å²) in [5, 5.41) is 0. The van der Waals surface area contributed by atoms with Crippen LogP contribution in [0.5, 0.6) is 5.75 Å². The molecule has 0 amide bonds. The quantitative estimate of drug-likeness (QED) is 0.627. The van der Waals surface area contributed by atoms with Crippen LogP contribution in [-0.4, -0.2) is 12.5 Å². The summed E-state index contributed by atoms with van der Waals surface area (Å²) in [5.41, 5.74) is 7.43. The molecule has 0 bridgehead atoms. The Bertz CT molecular complexity index is 437. The molecule has 0 aromatic heterocycles. The van der Waals surface area contributed by atoms with Crippen molar-refractivity contribution in [2.75, 3.05) is 0 Å². The van der Waals surface area contributed by atoms with E-state index < -0.39 is 12.5 Å². The van der Waals surface area contributed by atoms with Gasteiger partial charge in [0.1, 0.15) is 5.75 Å². The maximum atomic E-state index is 12.7. The van der Waals surface area contributed by atoms with Crippen molar-refractivity contribution in [1.29, 1.82) is 0 Å². The minimum Gasteiger partial charge on any atom is -0.428 e. The zero-order valence-electron chi connectivity index (χ0n) is 10.8. The highest BCUT2D eigenvalue weighted by Gasteiger charge is 2.43. The lowest BCUT2D eigenvalue weighted by Gasteiger charge is -2.17. The van der Waals surface area contributed by atoms with Crippen molar-refractivity contribution in [2.24, 2.45) is 5.73 Å². The largest absolute Gasteiger partial charge is 0.461 e. The van der Waals surface area contributed by atoms with Crippen molar-refractivity contribution >= 4 is 12.4 Å². The molecule has 2 N–H and O–H groups in total. The predicted molar refractivity (Wildman–Crippen MR) is 71.6 cm³/mol. The molecule has 2 nitrogen and oxygen atoms in total. The van der Waals surface area contributed by atoms with E-state index in [-0.39, 0.29) is 24.2 Å². The maximum Gasteiger partial charge on any atom is 0.461 e. The summed E-state index contributed by atoms with van der Waals surface area (Å²) in [4.78, 5) is 0. The van der Waals surface area contributed by atoms with Gasteiger partial charge in [0.05, 0.1) is 0 Å². The number of benzene rings is 1. The third kappa shape index (κ3) is 5.38. The molecule has 20 heavy (non-hydrogen) atoms. The Kier molecular flexibility index (Phi) is 7.02. The first kappa shape index (κ1) is 18.7. The van der Waals surface area contributed by atoms with Gasteiger partial charge in [0.2, 0.25) is 0 Å². The van der Waals surface area contributed by atoms with Crippen molar-refractivity contribution in [3.8, 4) is 5.75 Å². The number of halogens is 5. The fourth-order valence-corrected chi connectivity index (χ4v) is 1.48. The molecule has 0 saturated carbocycles. The van der Waals surface area contributed by atoms with Crippen LogP contribution in [0.25, 0.3) is 0 Å². The second kappa shape index (κ2) is 7.50. The van der Waals surface area contributed by atoms with Crippen molar-refractivity contribution in [3.05, 3.63) is 42.0 Å². The Labute approximate surface area is 121 Å². The monoisotopic (exact) mass is 313 g/mol. The van der Waals surface area contributed by atoms with Crippen LogP contribution < -0.4 is 10.5 Å². The lowest BCUT2D eigenvalue weighted by atomic mass is 10.0. The topological polar surface area (TPSA) is 35.2 Å². The van der Waals surface area contributed by atoms with Crippen molar-refractivity contribution in [2.45, 2.75) is 31.9 Å². The summed E-state index contributed by atoms with van der Waals surface area (Å²) in [7, 11) is 0. The lowest BCUT2D eigenvalue weighted by molar-refractivity contribution is -0.253. The average Bonchev–Trinajstić information content (AvgIpc) is 2.28. The van der Waals surface area contributed by atoms with Crippen molar-refractivity contribution in [1.82, 2.24) is 0 Å². The van der Waals surface area contributed by atoms with E-state index in [2.05, 4.69) is 11.3 Å². The maximum absolute atomic E-state index is 12.7. The molecule has 1 rings (SSSR count). The van der Waals surface area contributed by atoms with Gasteiger partial charge in [-0.05, 0) is 31.0 Å². The standard InChI is InChI=1S/C13H15F4NO.ClH/c1-8(2)7-11(18)9-3-5-10(6-4-9)19-13(16,17)12(14)15;/h3-6,11-12H,1,7,18H2,2H3;1H/t11-;/m0./s1. The molecule has 0 heterocycles. The van der Waals surface area contributed by atoms with Crippen LogP contribution in [0.1, 0.15) is 24.9 Å². The van der Waals surface area contributed by atoms with E-state index in [1.54, 1.807) is 0 Å². The molecular formula is C13H16ClF4NO. The highest BCUT2D eigenvalue weighted by molar-refractivity contribution is 5.85. The molecule has 0 saturated heterocycles. The van der Waals surface area contributed by atoms with Gasteiger partial charge in [-0.2, -0.15) is 17.6 Å². The van der Waals surface area contributed by atoms with E-state index in [4.69, 9.17) is 5.73 Å². The molecule has 114 valence electrons. The Morgan fingerprint density at radius 3 is 2.20 bits per heavy atom. The fourth-order valence-electron chi connectivity index (χ4n) is 1.48. The molecule has 0 aliphatic heterocycles. The number of alkyl halides is 4. The van der Waals surface area contributed by atoms with E-state index in [0.29, 0.717) is 12.0 Å². The van der Waals surface area contributed by atoms with E-state index in [9.17, 15) is 17.6 Å². The van der Waals surface area contributed by atoms with Gasteiger partial charge in [-0.1, -0.05) is 17.7 Å². The Hall–Kier alpha value is -1.27. The highest BCUT2D eigenvalue weighted by Crippen LogP contribution is 2.28. The molecule has 0 spiro atoms. The van der Waals surface area contributed by atoms with Crippen LogP contribution in [0.15, 0.2) is 36.4 Å². The molecular weight excluding hydrogens is 298 g/mol. The molecule has 1 atom stereocenters. The average molecular weight is 314 g/mol. The Morgan fingerprint density at radius 1 is 1.30 bits per heavy atom. The van der Waals surface area contributed by atoms with Gasteiger partial charge in [-0.15, -0.1) is 19.0 Å². The number of nitrogens with two attached hydrogens (primary N) is 1. The van der Waals surface area contributed by atoms with Gasteiger partial charge >= 0.3 is 12.5 Å². The smallest absolute Gasteiger partial charge is 0.428 e. The fraction of sp³-hybridized carbons (Fsp3) is 0.385. The van der Waals surface area contributed by atoms with Gasteiger partial charge in [0, 0.05) is 6.04 Å². The van der Waals surface area contributed by atoms with Crippen LogP contribution in [0.4, 0.5) is 17.6 Å². The van der Waals surface area contributed by atoms with E-state index in [1.807, 2.05) is 6.92 Å². The molecule has 0 radical (unpaired) electrons. The Balaban J connectivity index is 0.00000361. The number of rotatable bonds is 6. The van der Waals surface area contributed by atoms with Crippen LogP contribution in [-0.2, 0) is 0 Å². The lowest BCUT2D eigenvalue weighted by Crippen LogP contribution is -2.33. The first-order valence-corrected chi connectivity index (χ1v) is 5.57. The minimum absolute atomic E-state index is 0. The van der Waals surface area contributed by atoms with Crippen LogP contribution in [0, 0.1) is 0 Å². The van der Waals surface area contributed by atoms with Gasteiger partial charge in [-0.3, -0.25) is 0 Å². The van der Waals surface area contributed by atoms with E-state index >= 15 is 0 Å². The van der Waals surface area contributed by atoms with Crippen molar-refractivity contribution < 1.29 is 22.3 Å². The molecule has 7 heteroatoms. The first-order valence-electron chi connectivity index (χ1n) is 5.57. The molecule has 1 aromatic rings. The summed E-state index contributed by atoms with van der Waals surface area (Å²) in [6.45, 7) is 5.54. The van der Waals surface area contributed by atoms with Crippen molar-refractivity contribution in [3.63, 3.8) is 0 Å². The summed E-state index contributed by atoms with van der Waals surface area (Å²) < 4.78 is 53.1. The van der Waals surface area contributed by atoms with Crippen LogP contribution in [0.3, 0.4) is 0 Å². The summed E-state index contributed by atoms with van der Waals surface area (Å²) in [5.74, 6) is -0.337. The zero-order chi connectivity index (χ0) is 14.6. The molecule has 1 aromatic carbocycles. The SMILES string of the molecule is C=C(C)C[C@H](N)c1ccc(OC(F)(F)C(F)F)cc1.Cl. The minimum atomic E-state index is -4.50. The third-order valence-corrected chi connectivity index (χ3v) is 2.38. The van der Waals surface area contributed by atoms with Crippen LogP contribution in [0.2, 0.25) is 0 Å². The third-order valence-electron chi connectivity index (χ3n) is 2.38. The van der Waals surface area contributed by atoms with Gasteiger partial charge < -0.3 is 10.5 Å². The summed E-state index contributed by atoms with van der Waals surface area (Å²) in [6, 6.07) is 4.98. The first-order chi connectivity index (χ1) is 8.72. The van der Waals surface area contributed by atoms with E-state index in [0.717, 1.165) is 5.57 Å². The van der Waals surface area contributed by atoms with Gasteiger partial charge in [-0.25, -0.2) is 0 Å². The molecule has 0 fully saturated rings. The summed E-state index contributed by atoms with van der Waals surface area (Å²) >= 11 is 0. The van der Waals surface area contributed by atoms with Crippen LogP contribution >= 0.6 is 12.4 Å². The van der Waals surface area contributed by atoms with Gasteiger partial charge in [0.15, 0.2) is 0 Å². The van der Waals surface area contributed by atoms with Gasteiger partial charge in [0.25, 0.3) is 0 Å². The molecule has 0 unspecified atom stereocenters. The molecule has 0 aliphatic rings. The number of hydrogen-bond donors (Lipinski definition) is 1. The zero-order valence-corrected chi connectivity index (χ0v) is 11.6. The van der Waals surface area contributed by atoms with E-state index in [1.165, 1.54) is 24.3 Å². The Morgan fingerprint density at radius 2 is 1.80 bits per heavy atom. The summed E-state index contributed by atoms with van der Waals surface area (Å²) in [6.07, 6.45) is -7.83. The number of ether oxygens (including phenoxy) is 1. The predicted octanol–water partition coefficient (Wildman–Crippen LogP) is 4.31.